The molecule has 3 rings (SSSR count). The molecule has 1 aliphatic heterocycles. The van der Waals surface area contributed by atoms with Crippen molar-refractivity contribution in [3.05, 3.63) is 58.1 Å². The lowest BCUT2D eigenvalue weighted by Crippen LogP contribution is -2.59. The van der Waals surface area contributed by atoms with Gasteiger partial charge in [0.25, 0.3) is 5.91 Å². The van der Waals surface area contributed by atoms with E-state index in [2.05, 4.69) is 11.8 Å². The summed E-state index contributed by atoms with van der Waals surface area (Å²) in [7, 11) is -1.81. The van der Waals surface area contributed by atoms with Gasteiger partial charge in [-0.05, 0) is 57.2 Å². The zero-order valence-electron chi connectivity index (χ0n) is 17.4. The van der Waals surface area contributed by atoms with Gasteiger partial charge in [-0.3, -0.25) is 13.8 Å². The first kappa shape index (κ1) is 23.6. The predicted molar refractivity (Wildman–Crippen MR) is 124 cm³/mol. The van der Waals surface area contributed by atoms with Crippen LogP contribution in [-0.4, -0.2) is 56.5 Å². The molecular formula is C22H24Cl2N2O4S. The summed E-state index contributed by atoms with van der Waals surface area (Å²) in [6, 6.07) is 12.1. The number of carboxylic acid groups (broad SMARTS) is 1. The van der Waals surface area contributed by atoms with Crippen LogP contribution < -0.4 is 4.90 Å². The van der Waals surface area contributed by atoms with Crippen molar-refractivity contribution in [3.8, 4) is 0 Å². The number of carboxylic acids is 1. The third-order valence-electron chi connectivity index (χ3n) is 5.73. The summed E-state index contributed by atoms with van der Waals surface area (Å²) in [6.45, 7) is 6.61. The van der Waals surface area contributed by atoms with E-state index >= 15 is 0 Å². The second-order valence-electron chi connectivity index (χ2n) is 7.58. The number of anilines is 1. The summed E-state index contributed by atoms with van der Waals surface area (Å²) in [5, 5.41) is 8.77. The summed E-state index contributed by atoms with van der Waals surface area (Å²) < 4.78 is 12.4. The molecule has 0 spiro atoms. The van der Waals surface area contributed by atoms with Crippen LogP contribution in [0.4, 0.5) is 5.69 Å². The van der Waals surface area contributed by atoms with Gasteiger partial charge in [-0.25, -0.2) is 0 Å². The third-order valence-corrected chi connectivity index (χ3v) is 8.02. The van der Waals surface area contributed by atoms with Crippen molar-refractivity contribution >= 4 is 51.6 Å². The van der Waals surface area contributed by atoms with Crippen LogP contribution in [0.25, 0.3) is 0 Å². The number of carbonyl (C=O) groups excluding carboxylic acids is 1. The Bertz CT molecular complexity index is 1030. The minimum atomic E-state index is -1.81. The molecule has 2 aromatic carbocycles. The molecule has 0 bridgehead atoms. The van der Waals surface area contributed by atoms with E-state index in [4.69, 9.17) is 28.3 Å². The second kappa shape index (κ2) is 9.59. The van der Waals surface area contributed by atoms with Gasteiger partial charge in [0.2, 0.25) is 0 Å². The SMILES string of the molecule is CC(C(=O)O)S(=O)c1ccc(C(=O)N2CCN(c3cccc(Cl)c3)[C@@H](C)[C@@H]2C)cc1Cl. The highest BCUT2D eigenvalue weighted by Crippen LogP contribution is 2.29. The molecule has 4 atom stereocenters. The number of hydrogen-bond acceptors (Lipinski definition) is 4. The Morgan fingerprint density at radius 1 is 1.10 bits per heavy atom. The smallest absolute Gasteiger partial charge is 0.319 e. The molecule has 31 heavy (non-hydrogen) atoms. The Balaban J connectivity index is 1.78. The fraction of sp³-hybridized carbons (Fsp3) is 0.364. The number of halogens is 2. The highest BCUT2D eigenvalue weighted by Gasteiger charge is 2.34. The maximum atomic E-state index is 13.2. The molecule has 0 radical (unpaired) electrons. The number of hydrogen-bond donors (Lipinski definition) is 1. The zero-order chi connectivity index (χ0) is 22.9. The maximum Gasteiger partial charge on any atom is 0.319 e. The normalized spacial score (nSPS) is 20.9. The zero-order valence-corrected chi connectivity index (χ0v) is 19.7. The number of rotatable bonds is 5. The summed E-state index contributed by atoms with van der Waals surface area (Å²) in [5.41, 5.74) is 1.39. The van der Waals surface area contributed by atoms with Gasteiger partial charge in [0.15, 0.2) is 0 Å². The van der Waals surface area contributed by atoms with Crippen molar-refractivity contribution in [2.24, 2.45) is 0 Å². The number of carbonyl (C=O) groups is 2. The lowest BCUT2D eigenvalue weighted by atomic mass is 10.0. The maximum absolute atomic E-state index is 13.2. The third kappa shape index (κ3) is 4.89. The van der Waals surface area contributed by atoms with E-state index in [9.17, 15) is 13.8 Å². The number of benzene rings is 2. The van der Waals surface area contributed by atoms with Crippen LogP contribution in [-0.2, 0) is 15.6 Å². The van der Waals surface area contributed by atoms with Crippen molar-refractivity contribution in [1.82, 2.24) is 4.90 Å². The average Bonchev–Trinajstić information content (AvgIpc) is 2.74. The molecule has 1 heterocycles. The van der Waals surface area contributed by atoms with Crippen molar-refractivity contribution in [2.75, 3.05) is 18.0 Å². The Labute approximate surface area is 194 Å². The van der Waals surface area contributed by atoms with Gasteiger partial charge < -0.3 is 14.9 Å². The van der Waals surface area contributed by atoms with E-state index in [1.165, 1.54) is 19.1 Å². The largest absolute Gasteiger partial charge is 0.480 e. The molecule has 6 nitrogen and oxygen atoms in total. The highest BCUT2D eigenvalue weighted by atomic mass is 35.5. The molecule has 0 saturated carbocycles. The van der Waals surface area contributed by atoms with Gasteiger partial charge in [0, 0.05) is 41.4 Å². The van der Waals surface area contributed by atoms with Gasteiger partial charge in [0.05, 0.1) is 20.7 Å². The number of amides is 1. The molecule has 9 heteroatoms. The summed E-state index contributed by atoms with van der Waals surface area (Å²) >= 11 is 12.4. The molecule has 2 aromatic rings. The van der Waals surface area contributed by atoms with Crippen LogP contribution in [0.1, 0.15) is 31.1 Å². The van der Waals surface area contributed by atoms with Crippen LogP contribution in [0, 0.1) is 0 Å². The fourth-order valence-electron chi connectivity index (χ4n) is 3.69. The molecule has 0 aliphatic carbocycles. The van der Waals surface area contributed by atoms with E-state index in [0.717, 1.165) is 5.69 Å². The van der Waals surface area contributed by atoms with Crippen molar-refractivity contribution in [1.29, 1.82) is 0 Å². The lowest BCUT2D eigenvalue weighted by molar-refractivity contribution is -0.136. The van der Waals surface area contributed by atoms with Gasteiger partial charge in [-0.15, -0.1) is 0 Å². The first-order valence-electron chi connectivity index (χ1n) is 9.88. The Morgan fingerprint density at radius 3 is 2.42 bits per heavy atom. The molecule has 166 valence electrons. The molecule has 2 unspecified atom stereocenters. The minimum Gasteiger partial charge on any atom is -0.480 e. The van der Waals surface area contributed by atoms with Crippen LogP contribution in [0.3, 0.4) is 0 Å². The molecule has 1 amide bonds. The van der Waals surface area contributed by atoms with Crippen molar-refractivity contribution in [3.63, 3.8) is 0 Å². The quantitative estimate of drug-likeness (QED) is 0.686. The topological polar surface area (TPSA) is 77.9 Å². The molecule has 1 fully saturated rings. The van der Waals surface area contributed by atoms with Crippen LogP contribution in [0.2, 0.25) is 10.0 Å². The fourth-order valence-corrected chi connectivity index (χ4v) is 5.30. The number of piperazine rings is 1. The van der Waals surface area contributed by atoms with E-state index in [-0.39, 0.29) is 27.9 Å². The van der Waals surface area contributed by atoms with Crippen molar-refractivity contribution in [2.45, 2.75) is 43.0 Å². The van der Waals surface area contributed by atoms with Crippen LogP contribution in [0.15, 0.2) is 47.4 Å². The standard InChI is InChI=1S/C22H24Cl2N2O4S/c1-13-14(2)26(10-9-25(13)18-6-4-5-17(23)12-18)21(27)16-7-8-20(19(24)11-16)31(30)15(3)22(28)29/h4-8,11-15H,9-10H2,1-3H3,(H,28,29)/t13-,14-,15?,31?/m0/s1. The van der Waals surface area contributed by atoms with Gasteiger partial charge in [-0.2, -0.15) is 0 Å². The number of nitrogens with zero attached hydrogens (tertiary/aromatic N) is 2. The van der Waals surface area contributed by atoms with E-state index in [1.807, 2.05) is 31.2 Å². The molecule has 1 N–H and O–H groups in total. The lowest BCUT2D eigenvalue weighted by Gasteiger charge is -2.46. The molecule has 1 aliphatic rings. The highest BCUT2D eigenvalue weighted by molar-refractivity contribution is 7.86. The van der Waals surface area contributed by atoms with Crippen LogP contribution in [0.5, 0.6) is 0 Å². The first-order chi connectivity index (χ1) is 14.6. The molecular weight excluding hydrogens is 459 g/mol. The van der Waals surface area contributed by atoms with Gasteiger partial charge in [-0.1, -0.05) is 29.3 Å². The Kier molecular flexibility index (Phi) is 7.29. The summed E-state index contributed by atoms with van der Waals surface area (Å²) in [6.07, 6.45) is 0. The van der Waals surface area contributed by atoms with Crippen LogP contribution >= 0.6 is 23.2 Å². The van der Waals surface area contributed by atoms with E-state index in [0.29, 0.717) is 23.7 Å². The average molecular weight is 483 g/mol. The van der Waals surface area contributed by atoms with Gasteiger partial charge >= 0.3 is 5.97 Å². The molecule has 0 aromatic heterocycles. The Morgan fingerprint density at radius 2 is 1.81 bits per heavy atom. The molecule has 1 saturated heterocycles. The summed E-state index contributed by atoms with van der Waals surface area (Å²) in [4.78, 5) is 28.5. The van der Waals surface area contributed by atoms with E-state index < -0.39 is 22.0 Å². The Hall–Kier alpha value is -2.09. The van der Waals surface area contributed by atoms with Crippen molar-refractivity contribution < 1.29 is 18.9 Å². The summed E-state index contributed by atoms with van der Waals surface area (Å²) in [5.74, 6) is -1.34. The number of aliphatic carboxylic acids is 1. The second-order valence-corrected chi connectivity index (χ2v) is 10.2. The monoisotopic (exact) mass is 482 g/mol. The first-order valence-corrected chi connectivity index (χ1v) is 11.8. The van der Waals surface area contributed by atoms with E-state index in [1.54, 1.807) is 11.0 Å². The van der Waals surface area contributed by atoms with Gasteiger partial charge in [0.1, 0.15) is 5.25 Å². The minimum absolute atomic E-state index is 0.0647. The predicted octanol–water partition coefficient (Wildman–Crippen LogP) is 4.31.